The van der Waals surface area contributed by atoms with Crippen LogP contribution in [0.3, 0.4) is 0 Å². The summed E-state index contributed by atoms with van der Waals surface area (Å²) < 4.78 is 10.0. The minimum Gasteiger partial charge on any atom is -0.507 e. The van der Waals surface area contributed by atoms with Crippen molar-refractivity contribution in [3.8, 4) is 5.75 Å². The number of ether oxygens (including phenoxy) is 2. The molecule has 1 unspecified atom stereocenters. The third-order valence-electron chi connectivity index (χ3n) is 4.49. The largest absolute Gasteiger partial charge is 0.507 e. The molecule has 0 radical (unpaired) electrons. The number of carbonyl (C=O) groups excluding carboxylic acids is 4. The van der Waals surface area contributed by atoms with E-state index in [1.807, 2.05) is 0 Å². The third-order valence-corrected chi connectivity index (χ3v) is 4.49. The first kappa shape index (κ1) is 28.5. The zero-order chi connectivity index (χ0) is 25.9. The Kier molecular flexibility index (Phi) is 11.1. The molecule has 0 bridgehead atoms. The molecule has 1 rings (SSSR count). The lowest BCUT2D eigenvalue weighted by Crippen LogP contribution is -2.48. The van der Waals surface area contributed by atoms with Gasteiger partial charge in [-0.2, -0.15) is 0 Å². The minimum absolute atomic E-state index is 0.0208. The van der Waals surface area contributed by atoms with Gasteiger partial charge in [-0.15, -0.1) is 6.58 Å². The molecule has 34 heavy (non-hydrogen) atoms. The van der Waals surface area contributed by atoms with Crippen LogP contribution in [0.25, 0.3) is 0 Å². The van der Waals surface area contributed by atoms with Crippen molar-refractivity contribution < 1.29 is 33.8 Å². The molecule has 1 aromatic carbocycles. The number of aromatic hydroxyl groups is 1. The van der Waals surface area contributed by atoms with Gasteiger partial charge in [0.1, 0.15) is 23.9 Å². The highest BCUT2D eigenvalue weighted by Crippen LogP contribution is 2.31. The number of rotatable bonds is 11. The van der Waals surface area contributed by atoms with Crippen LogP contribution < -0.4 is 10.6 Å². The Hall–Kier alpha value is -3.56. The number of hydrogen-bond acceptors (Lipinski definition) is 7. The maximum Gasteiger partial charge on any atom is 0.408 e. The number of aryl methyl sites for hydroxylation is 1. The van der Waals surface area contributed by atoms with Gasteiger partial charge in [0, 0.05) is 18.7 Å². The molecule has 0 aliphatic carbocycles. The molecular formula is C24H35N3O7. The molecule has 1 aromatic rings. The van der Waals surface area contributed by atoms with E-state index in [2.05, 4.69) is 17.2 Å². The van der Waals surface area contributed by atoms with Gasteiger partial charge < -0.3 is 30.1 Å². The fourth-order valence-corrected chi connectivity index (χ4v) is 3.02. The van der Waals surface area contributed by atoms with Crippen LogP contribution in [-0.4, -0.2) is 65.7 Å². The summed E-state index contributed by atoms with van der Waals surface area (Å²) in [5.41, 5.74) is -0.0383. The van der Waals surface area contributed by atoms with E-state index in [1.54, 1.807) is 46.8 Å². The SMILES string of the molecule is C=CCN(C(=O)CNC(=O)OC(C)(C)C)C(C(=O)NCCC(=O)OCC)c1cccc(C)c1O. The number of carbonyl (C=O) groups is 4. The third kappa shape index (κ3) is 9.13. The number of esters is 1. The minimum atomic E-state index is -1.24. The van der Waals surface area contributed by atoms with E-state index in [4.69, 9.17) is 9.47 Å². The molecule has 0 aliphatic rings. The molecule has 188 valence electrons. The number of para-hydroxylation sites is 1. The van der Waals surface area contributed by atoms with E-state index < -0.39 is 42.1 Å². The number of alkyl carbamates (subject to hydrolysis) is 1. The van der Waals surface area contributed by atoms with Gasteiger partial charge in [0.25, 0.3) is 0 Å². The van der Waals surface area contributed by atoms with Crippen molar-refractivity contribution in [2.45, 2.75) is 52.7 Å². The molecule has 0 fully saturated rings. The Labute approximate surface area is 200 Å². The Morgan fingerprint density at radius 2 is 1.88 bits per heavy atom. The van der Waals surface area contributed by atoms with Gasteiger partial charge in [0.2, 0.25) is 11.8 Å². The Morgan fingerprint density at radius 3 is 2.47 bits per heavy atom. The standard InChI is InChI=1S/C24H35N3O7/c1-7-14-27(18(28)15-26-23(32)34-24(4,5)6)20(17-11-9-10-16(3)21(17)30)22(31)25-13-12-19(29)33-8-2/h7,9-11,20,30H,1,8,12-15H2,2-6H3,(H,25,31)(H,26,32). The molecule has 0 aliphatic heterocycles. The van der Waals surface area contributed by atoms with Gasteiger partial charge in [0.15, 0.2) is 0 Å². The summed E-state index contributed by atoms with van der Waals surface area (Å²) in [5, 5.41) is 15.6. The van der Waals surface area contributed by atoms with Crippen molar-refractivity contribution >= 4 is 23.9 Å². The van der Waals surface area contributed by atoms with Crippen molar-refractivity contribution in [1.29, 1.82) is 0 Å². The molecule has 3 N–H and O–H groups in total. The van der Waals surface area contributed by atoms with E-state index >= 15 is 0 Å². The second kappa shape index (κ2) is 13.2. The summed E-state index contributed by atoms with van der Waals surface area (Å²) >= 11 is 0. The van der Waals surface area contributed by atoms with Gasteiger partial charge in [-0.3, -0.25) is 14.4 Å². The quantitative estimate of drug-likeness (QED) is 0.329. The van der Waals surface area contributed by atoms with Gasteiger partial charge in [-0.1, -0.05) is 24.3 Å². The molecule has 0 saturated carbocycles. The number of phenols is 1. The fourth-order valence-electron chi connectivity index (χ4n) is 3.02. The van der Waals surface area contributed by atoms with Crippen LogP contribution in [0, 0.1) is 6.92 Å². The highest BCUT2D eigenvalue weighted by atomic mass is 16.6. The summed E-state index contributed by atoms with van der Waals surface area (Å²) in [6.45, 7) is 11.8. The van der Waals surface area contributed by atoms with Crippen LogP contribution >= 0.6 is 0 Å². The molecule has 10 nitrogen and oxygen atoms in total. The highest BCUT2D eigenvalue weighted by molar-refractivity contribution is 5.91. The smallest absolute Gasteiger partial charge is 0.408 e. The summed E-state index contributed by atoms with van der Waals surface area (Å²) in [4.78, 5) is 51.0. The van der Waals surface area contributed by atoms with Gasteiger partial charge in [-0.25, -0.2) is 4.79 Å². The predicted molar refractivity (Wildman–Crippen MR) is 126 cm³/mol. The predicted octanol–water partition coefficient (Wildman–Crippen LogP) is 2.35. The Balaban J connectivity index is 3.16. The Bertz CT molecular complexity index is 893. The first-order valence-electron chi connectivity index (χ1n) is 11.0. The first-order valence-corrected chi connectivity index (χ1v) is 11.0. The normalized spacial score (nSPS) is 11.7. The molecule has 0 aromatic heterocycles. The molecular weight excluding hydrogens is 442 g/mol. The lowest BCUT2D eigenvalue weighted by Gasteiger charge is -2.31. The molecule has 10 heteroatoms. The summed E-state index contributed by atoms with van der Waals surface area (Å²) in [5.74, 6) is -1.83. The van der Waals surface area contributed by atoms with Crippen LogP contribution in [0.15, 0.2) is 30.9 Å². The van der Waals surface area contributed by atoms with Crippen LogP contribution in [-0.2, 0) is 23.9 Å². The van der Waals surface area contributed by atoms with E-state index in [1.165, 1.54) is 17.0 Å². The van der Waals surface area contributed by atoms with Crippen molar-refractivity contribution in [3.63, 3.8) is 0 Å². The number of phenolic OH excluding ortho intramolecular Hbond substituents is 1. The summed E-state index contributed by atoms with van der Waals surface area (Å²) in [7, 11) is 0. The number of nitrogens with zero attached hydrogens (tertiary/aromatic N) is 1. The zero-order valence-electron chi connectivity index (χ0n) is 20.5. The highest BCUT2D eigenvalue weighted by Gasteiger charge is 2.33. The van der Waals surface area contributed by atoms with E-state index in [9.17, 15) is 24.3 Å². The van der Waals surface area contributed by atoms with E-state index in [0.29, 0.717) is 5.56 Å². The second-order valence-corrected chi connectivity index (χ2v) is 8.45. The van der Waals surface area contributed by atoms with E-state index in [-0.39, 0.29) is 37.4 Å². The average Bonchev–Trinajstić information content (AvgIpc) is 2.73. The number of nitrogens with one attached hydrogen (secondary N) is 2. The van der Waals surface area contributed by atoms with Crippen LogP contribution in [0.5, 0.6) is 5.75 Å². The topological polar surface area (TPSA) is 134 Å². The van der Waals surface area contributed by atoms with Gasteiger partial charge in [-0.05, 0) is 40.2 Å². The van der Waals surface area contributed by atoms with E-state index in [0.717, 1.165) is 0 Å². The van der Waals surface area contributed by atoms with Gasteiger partial charge in [0.05, 0.1) is 13.0 Å². The number of hydrogen-bond donors (Lipinski definition) is 3. The molecule has 0 heterocycles. The van der Waals surface area contributed by atoms with Crippen molar-refractivity contribution in [1.82, 2.24) is 15.5 Å². The van der Waals surface area contributed by atoms with Crippen molar-refractivity contribution in [2.75, 3.05) is 26.2 Å². The molecule has 1 atom stereocenters. The number of benzene rings is 1. The lowest BCUT2D eigenvalue weighted by atomic mass is 10.00. The fraction of sp³-hybridized carbons (Fsp3) is 0.500. The maximum atomic E-state index is 13.2. The Morgan fingerprint density at radius 1 is 1.21 bits per heavy atom. The molecule has 3 amide bonds. The lowest BCUT2D eigenvalue weighted by molar-refractivity contribution is -0.143. The van der Waals surface area contributed by atoms with Gasteiger partial charge >= 0.3 is 12.1 Å². The van der Waals surface area contributed by atoms with Crippen molar-refractivity contribution in [2.24, 2.45) is 0 Å². The average molecular weight is 478 g/mol. The van der Waals surface area contributed by atoms with Crippen LogP contribution in [0.4, 0.5) is 4.79 Å². The summed E-state index contributed by atoms with van der Waals surface area (Å²) in [6, 6.07) is 3.60. The monoisotopic (exact) mass is 477 g/mol. The number of amides is 3. The molecule has 0 spiro atoms. The molecule has 0 saturated heterocycles. The maximum absolute atomic E-state index is 13.2. The van der Waals surface area contributed by atoms with Crippen molar-refractivity contribution in [3.05, 3.63) is 42.0 Å². The summed E-state index contributed by atoms with van der Waals surface area (Å²) in [6.07, 6.45) is 0.590. The second-order valence-electron chi connectivity index (χ2n) is 8.45. The zero-order valence-corrected chi connectivity index (χ0v) is 20.5. The van der Waals surface area contributed by atoms with Crippen LogP contribution in [0.1, 0.15) is 51.3 Å². The first-order chi connectivity index (χ1) is 15.9. The van der Waals surface area contributed by atoms with Crippen LogP contribution in [0.2, 0.25) is 0 Å².